The van der Waals surface area contributed by atoms with Crippen LogP contribution in [0, 0.1) is 6.92 Å². The summed E-state index contributed by atoms with van der Waals surface area (Å²) in [7, 11) is 1.63. The standard InChI is InChI=1S/C22H27N5O3S.ClH/c1-5-27(6-2)12-11-23-19(28)15-7-9-16(10-8-15)25-20(29)18-14(3)17-21(31-18)24-13-26(4)22(17)30;/h7-10,13H,5-6,11-12H2,1-4H3,(H,23,28)(H,25,29);1H. The fourth-order valence-corrected chi connectivity index (χ4v) is 4.32. The summed E-state index contributed by atoms with van der Waals surface area (Å²) in [6.45, 7) is 9.22. The summed E-state index contributed by atoms with van der Waals surface area (Å²) in [6.07, 6.45) is 1.45. The van der Waals surface area contributed by atoms with Crippen molar-refractivity contribution in [3.8, 4) is 0 Å². The number of nitrogens with one attached hydrogen (secondary N) is 2. The lowest BCUT2D eigenvalue weighted by atomic mass is 10.1. The number of aromatic nitrogens is 2. The van der Waals surface area contributed by atoms with Crippen LogP contribution in [0.2, 0.25) is 0 Å². The van der Waals surface area contributed by atoms with Gasteiger partial charge in [-0.3, -0.25) is 14.4 Å². The van der Waals surface area contributed by atoms with Gasteiger partial charge in [-0.15, -0.1) is 23.7 Å². The normalized spacial score (nSPS) is 10.8. The Hall–Kier alpha value is -2.75. The number of fused-ring (bicyclic) bond motifs is 1. The number of anilines is 1. The summed E-state index contributed by atoms with van der Waals surface area (Å²) in [5.74, 6) is -0.453. The molecule has 2 N–H and O–H groups in total. The summed E-state index contributed by atoms with van der Waals surface area (Å²) in [5.41, 5.74) is 1.55. The van der Waals surface area contributed by atoms with E-state index in [0.717, 1.165) is 19.6 Å². The smallest absolute Gasteiger partial charge is 0.266 e. The lowest BCUT2D eigenvalue weighted by Crippen LogP contribution is -2.34. The first kappa shape index (κ1) is 25.5. The number of carbonyl (C=O) groups excluding carboxylic acids is 2. The van der Waals surface area contributed by atoms with Gasteiger partial charge in [0.05, 0.1) is 16.6 Å². The van der Waals surface area contributed by atoms with E-state index in [0.29, 0.717) is 38.5 Å². The van der Waals surface area contributed by atoms with Gasteiger partial charge in [0.15, 0.2) is 0 Å². The van der Waals surface area contributed by atoms with Gasteiger partial charge in [-0.05, 0) is 49.8 Å². The highest BCUT2D eigenvalue weighted by atomic mass is 35.5. The van der Waals surface area contributed by atoms with Gasteiger partial charge in [-0.2, -0.15) is 0 Å². The third-order valence-corrected chi connectivity index (χ3v) is 6.43. The summed E-state index contributed by atoms with van der Waals surface area (Å²) in [4.78, 5) is 44.9. The van der Waals surface area contributed by atoms with E-state index >= 15 is 0 Å². The van der Waals surface area contributed by atoms with Crippen LogP contribution in [0.4, 0.5) is 5.69 Å². The fraction of sp³-hybridized carbons (Fsp3) is 0.364. The number of halogens is 1. The Kier molecular flexibility index (Phi) is 8.94. The van der Waals surface area contributed by atoms with Gasteiger partial charge in [0.2, 0.25) is 0 Å². The lowest BCUT2D eigenvalue weighted by molar-refractivity contribution is 0.0948. The summed E-state index contributed by atoms with van der Waals surface area (Å²) in [6, 6.07) is 6.74. The minimum atomic E-state index is -0.307. The summed E-state index contributed by atoms with van der Waals surface area (Å²) in [5, 5.41) is 6.21. The highest BCUT2D eigenvalue weighted by Crippen LogP contribution is 2.27. The Bertz CT molecular complexity index is 1150. The number of nitrogens with zero attached hydrogens (tertiary/aromatic N) is 3. The van der Waals surface area contributed by atoms with Crippen molar-refractivity contribution in [2.75, 3.05) is 31.5 Å². The summed E-state index contributed by atoms with van der Waals surface area (Å²) >= 11 is 1.19. The Labute approximate surface area is 197 Å². The van der Waals surface area contributed by atoms with Gasteiger partial charge < -0.3 is 20.1 Å². The third-order valence-electron chi connectivity index (χ3n) is 5.23. The maximum Gasteiger partial charge on any atom is 0.266 e. The molecule has 1 aromatic carbocycles. The number of hydrogen-bond donors (Lipinski definition) is 2. The van der Waals surface area contributed by atoms with Crippen LogP contribution >= 0.6 is 23.7 Å². The zero-order valence-electron chi connectivity index (χ0n) is 18.6. The van der Waals surface area contributed by atoms with Crippen LogP contribution in [0.25, 0.3) is 10.2 Å². The molecule has 0 unspecified atom stereocenters. The van der Waals surface area contributed by atoms with Crippen LogP contribution in [0.5, 0.6) is 0 Å². The second-order valence-electron chi connectivity index (χ2n) is 7.21. The van der Waals surface area contributed by atoms with Gasteiger partial charge >= 0.3 is 0 Å². The Morgan fingerprint density at radius 3 is 2.41 bits per heavy atom. The molecule has 2 aromatic heterocycles. The molecule has 8 nitrogen and oxygen atoms in total. The zero-order valence-corrected chi connectivity index (χ0v) is 20.2. The van der Waals surface area contributed by atoms with E-state index in [4.69, 9.17) is 0 Å². The summed E-state index contributed by atoms with van der Waals surface area (Å²) < 4.78 is 1.40. The molecule has 3 aromatic rings. The highest BCUT2D eigenvalue weighted by molar-refractivity contribution is 7.20. The van der Waals surface area contributed by atoms with Crippen molar-refractivity contribution in [1.82, 2.24) is 19.8 Å². The van der Waals surface area contributed by atoms with Gasteiger partial charge in [0.1, 0.15) is 4.83 Å². The molecule has 0 saturated heterocycles. The topological polar surface area (TPSA) is 96.3 Å². The first-order valence-electron chi connectivity index (χ1n) is 10.2. The van der Waals surface area contributed by atoms with Crippen LogP contribution in [0.3, 0.4) is 0 Å². The SMILES string of the molecule is CCN(CC)CCNC(=O)c1ccc(NC(=O)c2sc3ncn(C)c(=O)c3c2C)cc1.Cl. The largest absolute Gasteiger partial charge is 0.351 e. The quantitative estimate of drug-likeness (QED) is 0.519. The molecule has 0 spiro atoms. The number of likely N-dealkylation sites (N-methyl/N-ethyl adjacent to an activating group) is 1. The molecule has 0 fully saturated rings. The van der Waals surface area contributed by atoms with E-state index in [9.17, 15) is 14.4 Å². The first-order valence-corrected chi connectivity index (χ1v) is 11.0. The van der Waals surface area contributed by atoms with Crippen LogP contribution in [0.15, 0.2) is 35.4 Å². The average Bonchev–Trinajstić information content (AvgIpc) is 3.11. The van der Waals surface area contributed by atoms with E-state index in [1.54, 1.807) is 38.2 Å². The van der Waals surface area contributed by atoms with Crippen LogP contribution < -0.4 is 16.2 Å². The molecule has 10 heteroatoms. The van der Waals surface area contributed by atoms with Gasteiger partial charge in [-0.25, -0.2) is 4.98 Å². The maximum absolute atomic E-state index is 12.8. The number of carbonyl (C=O) groups is 2. The molecule has 2 heterocycles. The monoisotopic (exact) mass is 477 g/mol. The number of thiophene rings is 1. The minimum absolute atomic E-state index is 0. The molecule has 0 bridgehead atoms. The van der Waals surface area contributed by atoms with Crippen molar-refractivity contribution in [3.05, 3.63) is 57.0 Å². The van der Waals surface area contributed by atoms with Gasteiger partial charge in [0.25, 0.3) is 17.4 Å². The second-order valence-corrected chi connectivity index (χ2v) is 8.21. The van der Waals surface area contributed by atoms with Crippen molar-refractivity contribution in [3.63, 3.8) is 0 Å². The number of amides is 2. The van der Waals surface area contributed by atoms with E-state index in [2.05, 4.69) is 34.4 Å². The molecule has 0 aliphatic carbocycles. The Morgan fingerprint density at radius 2 is 1.78 bits per heavy atom. The molecule has 0 atom stereocenters. The molecule has 3 rings (SSSR count). The third kappa shape index (κ3) is 5.53. The number of benzene rings is 1. The molecule has 0 radical (unpaired) electrons. The van der Waals surface area contributed by atoms with Crippen molar-refractivity contribution >= 4 is 51.5 Å². The number of hydrogen-bond acceptors (Lipinski definition) is 6. The molecule has 0 saturated carbocycles. The fourth-order valence-electron chi connectivity index (χ4n) is 3.29. The maximum atomic E-state index is 12.8. The van der Waals surface area contributed by atoms with Crippen molar-refractivity contribution in [1.29, 1.82) is 0 Å². The van der Waals surface area contributed by atoms with E-state index in [1.807, 2.05) is 0 Å². The molecule has 2 amide bonds. The van der Waals surface area contributed by atoms with Gasteiger partial charge in [-0.1, -0.05) is 13.8 Å². The molecule has 0 aliphatic heterocycles. The van der Waals surface area contributed by atoms with Crippen LogP contribution in [-0.4, -0.2) is 52.4 Å². The second kappa shape index (κ2) is 11.2. The Morgan fingerprint density at radius 1 is 1.12 bits per heavy atom. The molecule has 172 valence electrons. The number of rotatable bonds is 8. The molecule has 0 aliphatic rings. The average molecular weight is 478 g/mol. The molecule has 32 heavy (non-hydrogen) atoms. The molecular weight excluding hydrogens is 450 g/mol. The van der Waals surface area contributed by atoms with Gasteiger partial charge in [0, 0.05) is 31.4 Å². The van der Waals surface area contributed by atoms with Crippen LogP contribution in [0.1, 0.15) is 39.4 Å². The lowest BCUT2D eigenvalue weighted by Gasteiger charge is -2.17. The predicted molar refractivity (Wildman–Crippen MR) is 131 cm³/mol. The zero-order chi connectivity index (χ0) is 22.5. The van der Waals surface area contributed by atoms with E-state index in [-0.39, 0.29) is 29.8 Å². The number of aryl methyl sites for hydroxylation is 2. The van der Waals surface area contributed by atoms with E-state index < -0.39 is 0 Å². The van der Waals surface area contributed by atoms with Crippen molar-refractivity contribution in [2.24, 2.45) is 7.05 Å². The Balaban J connectivity index is 0.00000363. The van der Waals surface area contributed by atoms with E-state index in [1.165, 1.54) is 22.2 Å². The van der Waals surface area contributed by atoms with Crippen molar-refractivity contribution < 1.29 is 9.59 Å². The highest BCUT2D eigenvalue weighted by Gasteiger charge is 2.19. The first-order chi connectivity index (χ1) is 14.8. The van der Waals surface area contributed by atoms with Crippen molar-refractivity contribution in [2.45, 2.75) is 20.8 Å². The van der Waals surface area contributed by atoms with Crippen LogP contribution in [-0.2, 0) is 7.05 Å². The minimum Gasteiger partial charge on any atom is -0.351 e. The predicted octanol–water partition coefficient (Wildman–Crippen LogP) is 3.05. The molecular formula is C22H28ClN5O3S.